The van der Waals surface area contributed by atoms with Crippen molar-refractivity contribution in [2.45, 2.75) is 6.92 Å². The van der Waals surface area contributed by atoms with E-state index in [1.165, 1.54) is 0 Å². The van der Waals surface area contributed by atoms with Crippen molar-refractivity contribution >= 4 is 38.5 Å². The second-order valence-electron chi connectivity index (χ2n) is 4.59. The third-order valence-corrected chi connectivity index (χ3v) is 3.68. The maximum absolute atomic E-state index is 12.2. The van der Waals surface area contributed by atoms with E-state index >= 15 is 0 Å². The van der Waals surface area contributed by atoms with Crippen molar-refractivity contribution in [3.8, 4) is 0 Å². The Balaban J connectivity index is 1.89. The maximum atomic E-state index is 12.2. The number of furan rings is 1. The lowest BCUT2D eigenvalue weighted by Gasteiger charge is -2.06. The SMILES string of the molecule is Cc1ccc(NC(=O)c2cc3ccccc3o2)c(Br)c1. The van der Waals surface area contributed by atoms with Gasteiger partial charge in [0.25, 0.3) is 5.91 Å². The number of amides is 1. The first kappa shape index (κ1) is 12.9. The normalized spacial score (nSPS) is 10.7. The molecular weight excluding hydrogens is 318 g/mol. The predicted molar refractivity (Wildman–Crippen MR) is 83.0 cm³/mol. The number of carbonyl (C=O) groups is 1. The highest BCUT2D eigenvalue weighted by Gasteiger charge is 2.13. The van der Waals surface area contributed by atoms with E-state index < -0.39 is 0 Å². The van der Waals surface area contributed by atoms with Gasteiger partial charge in [-0.2, -0.15) is 0 Å². The maximum Gasteiger partial charge on any atom is 0.291 e. The van der Waals surface area contributed by atoms with Crippen LogP contribution >= 0.6 is 15.9 Å². The zero-order chi connectivity index (χ0) is 14.1. The van der Waals surface area contributed by atoms with Gasteiger partial charge in [0.2, 0.25) is 0 Å². The Labute approximate surface area is 124 Å². The zero-order valence-corrected chi connectivity index (χ0v) is 12.4. The molecule has 0 radical (unpaired) electrons. The van der Waals surface area contributed by atoms with E-state index in [2.05, 4.69) is 21.2 Å². The van der Waals surface area contributed by atoms with E-state index in [0.29, 0.717) is 11.3 Å². The number of hydrogen-bond donors (Lipinski definition) is 1. The van der Waals surface area contributed by atoms with Crippen LogP contribution in [-0.4, -0.2) is 5.91 Å². The van der Waals surface area contributed by atoms with E-state index in [1.54, 1.807) is 6.07 Å². The van der Waals surface area contributed by atoms with Gasteiger partial charge in [-0.25, -0.2) is 0 Å². The topological polar surface area (TPSA) is 42.2 Å². The smallest absolute Gasteiger partial charge is 0.291 e. The fraction of sp³-hybridized carbons (Fsp3) is 0.0625. The van der Waals surface area contributed by atoms with Crippen LogP contribution in [0, 0.1) is 6.92 Å². The first-order chi connectivity index (χ1) is 9.63. The quantitative estimate of drug-likeness (QED) is 0.736. The number of aryl methyl sites for hydroxylation is 1. The van der Waals surface area contributed by atoms with E-state index in [0.717, 1.165) is 21.1 Å². The van der Waals surface area contributed by atoms with Crippen LogP contribution in [0.3, 0.4) is 0 Å². The highest BCUT2D eigenvalue weighted by molar-refractivity contribution is 9.10. The Hall–Kier alpha value is -2.07. The van der Waals surface area contributed by atoms with Gasteiger partial charge < -0.3 is 9.73 Å². The average Bonchev–Trinajstić information content (AvgIpc) is 2.86. The van der Waals surface area contributed by atoms with E-state index in [4.69, 9.17) is 4.42 Å². The molecule has 0 saturated heterocycles. The molecule has 0 fully saturated rings. The number of benzene rings is 2. The van der Waals surface area contributed by atoms with Gasteiger partial charge in [-0.05, 0) is 52.7 Å². The molecule has 3 nitrogen and oxygen atoms in total. The fourth-order valence-electron chi connectivity index (χ4n) is 2.00. The number of nitrogens with one attached hydrogen (secondary N) is 1. The van der Waals surface area contributed by atoms with Crippen LogP contribution in [0.15, 0.2) is 57.4 Å². The summed E-state index contributed by atoms with van der Waals surface area (Å²) in [7, 11) is 0. The van der Waals surface area contributed by atoms with Crippen LogP contribution in [0.1, 0.15) is 16.1 Å². The molecule has 0 aliphatic rings. The molecule has 1 heterocycles. The van der Waals surface area contributed by atoms with Crippen molar-refractivity contribution < 1.29 is 9.21 Å². The van der Waals surface area contributed by atoms with E-state index in [1.807, 2.05) is 49.4 Å². The van der Waals surface area contributed by atoms with Gasteiger partial charge in [0, 0.05) is 9.86 Å². The van der Waals surface area contributed by atoms with Gasteiger partial charge in [0.1, 0.15) is 5.58 Å². The lowest BCUT2D eigenvalue weighted by molar-refractivity contribution is 0.0998. The van der Waals surface area contributed by atoms with Gasteiger partial charge in [-0.3, -0.25) is 4.79 Å². The van der Waals surface area contributed by atoms with Crippen molar-refractivity contribution in [1.29, 1.82) is 0 Å². The molecule has 3 rings (SSSR count). The molecule has 3 aromatic rings. The number of carbonyl (C=O) groups excluding carboxylic acids is 1. The molecule has 100 valence electrons. The summed E-state index contributed by atoms with van der Waals surface area (Å²) in [6.07, 6.45) is 0. The second-order valence-corrected chi connectivity index (χ2v) is 5.44. The molecule has 0 aliphatic carbocycles. The summed E-state index contributed by atoms with van der Waals surface area (Å²) in [4.78, 5) is 12.2. The largest absolute Gasteiger partial charge is 0.451 e. The molecule has 1 amide bonds. The summed E-state index contributed by atoms with van der Waals surface area (Å²) in [6.45, 7) is 2.00. The lowest BCUT2D eigenvalue weighted by Crippen LogP contribution is -2.11. The van der Waals surface area contributed by atoms with E-state index in [-0.39, 0.29) is 5.91 Å². The Bertz CT molecular complexity index is 759. The van der Waals surface area contributed by atoms with Crippen molar-refractivity contribution in [3.63, 3.8) is 0 Å². The summed E-state index contributed by atoms with van der Waals surface area (Å²) in [6, 6.07) is 15.0. The molecular formula is C16H12BrNO2. The Kier molecular flexibility index (Phi) is 3.32. The van der Waals surface area contributed by atoms with Crippen molar-refractivity contribution in [2.75, 3.05) is 5.32 Å². The van der Waals surface area contributed by atoms with Crippen LogP contribution in [-0.2, 0) is 0 Å². The molecule has 0 unspecified atom stereocenters. The molecule has 1 N–H and O–H groups in total. The summed E-state index contributed by atoms with van der Waals surface area (Å²) in [5.74, 6) is 0.0458. The van der Waals surface area contributed by atoms with E-state index in [9.17, 15) is 4.79 Å². The molecule has 0 aliphatic heterocycles. The number of hydrogen-bond acceptors (Lipinski definition) is 2. The average molecular weight is 330 g/mol. The third-order valence-electron chi connectivity index (χ3n) is 3.02. The number of para-hydroxylation sites is 1. The van der Waals surface area contributed by atoms with Gasteiger partial charge in [0.15, 0.2) is 5.76 Å². The molecule has 0 spiro atoms. The van der Waals surface area contributed by atoms with Crippen LogP contribution < -0.4 is 5.32 Å². The molecule has 0 atom stereocenters. The zero-order valence-electron chi connectivity index (χ0n) is 10.8. The number of halogens is 1. The van der Waals surface area contributed by atoms with Crippen molar-refractivity contribution in [1.82, 2.24) is 0 Å². The predicted octanol–water partition coefficient (Wildman–Crippen LogP) is 4.76. The van der Waals surface area contributed by atoms with Crippen molar-refractivity contribution in [2.24, 2.45) is 0 Å². The summed E-state index contributed by atoms with van der Waals surface area (Å²) >= 11 is 3.44. The summed E-state index contributed by atoms with van der Waals surface area (Å²) in [5, 5.41) is 3.75. The Morgan fingerprint density at radius 3 is 2.70 bits per heavy atom. The monoisotopic (exact) mass is 329 g/mol. The Morgan fingerprint density at radius 1 is 1.15 bits per heavy atom. The minimum absolute atomic E-state index is 0.259. The number of anilines is 1. The Morgan fingerprint density at radius 2 is 1.95 bits per heavy atom. The minimum atomic E-state index is -0.259. The number of fused-ring (bicyclic) bond motifs is 1. The van der Waals surface area contributed by atoms with Crippen molar-refractivity contribution in [3.05, 3.63) is 64.3 Å². The summed E-state index contributed by atoms with van der Waals surface area (Å²) < 4.78 is 6.39. The number of rotatable bonds is 2. The molecule has 2 aromatic carbocycles. The van der Waals surface area contributed by atoms with Gasteiger partial charge in [-0.15, -0.1) is 0 Å². The lowest BCUT2D eigenvalue weighted by atomic mass is 10.2. The van der Waals surface area contributed by atoms with Crippen LogP contribution in [0.25, 0.3) is 11.0 Å². The molecule has 0 bridgehead atoms. The van der Waals surface area contributed by atoms with Gasteiger partial charge in [-0.1, -0.05) is 24.3 Å². The summed E-state index contributed by atoms with van der Waals surface area (Å²) in [5.41, 5.74) is 2.56. The fourth-order valence-corrected chi connectivity index (χ4v) is 2.59. The third kappa shape index (κ3) is 2.47. The molecule has 1 aromatic heterocycles. The molecule has 4 heteroatoms. The first-order valence-corrected chi connectivity index (χ1v) is 6.99. The standard InChI is InChI=1S/C16H12BrNO2/c1-10-6-7-13(12(17)8-10)18-16(19)15-9-11-4-2-3-5-14(11)20-15/h2-9H,1H3,(H,18,19). The second kappa shape index (κ2) is 5.13. The molecule has 20 heavy (non-hydrogen) atoms. The van der Waals surface area contributed by atoms with Gasteiger partial charge >= 0.3 is 0 Å². The minimum Gasteiger partial charge on any atom is -0.451 e. The molecule has 0 saturated carbocycles. The highest BCUT2D eigenvalue weighted by Crippen LogP contribution is 2.25. The first-order valence-electron chi connectivity index (χ1n) is 6.19. The van der Waals surface area contributed by atoms with Crippen LogP contribution in [0.5, 0.6) is 0 Å². The highest BCUT2D eigenvalue weighted by atomic mass is 79.9. The van der Waals surface area contributed by atoms with Gasteiger partial charge in [0.05, 0.1) is 5.69 Å². The van der Waals surface area contributed by atoms with Crippen LogP contribution in [0.4, 0.5) is 5.69 Å². The van der Waals surface area contributed by atoms with Crippen LogP contribution in [0.2, 0.25) is 0 Å².